The predicted octanol–water partition coefficient (Wildman–Crippen LogP) is 2.50. The zero-order valence-electron chi connectivity index (χ0n) is 11.1. The number of hydrogen-bond donors (Lipinski definition) is 2. The topological polar surface area (TPSA) is 84.3 Å². The molecule has 0 saturated carbocycles. The van der Waals surface area contributed by atoms with Crippen LogP contribution in [0.1, 0.15) is 15.9 Å². The lowest BCUT2D eigenvalue weighted by Gasteiger charge is -2.11. The average molecular weight is 283 g/mol. The lowest BCUT2D eigenvalue weighted by atomic mass is 10.1. The van der Waals surface area contributed by atoms with Gasteiger partial charge >= 0.3 is 0 Å². The molecule has 6 nitrogen and oxygen atoms in total. The van der Waals surface area contributed by atoms with Crippen LogP contribution >= 0.6 is 0 Å². The smallest absolute Gasteiger partial charge is 0.282 e. The molecule has 1 amide bonds. The van der Waals surface area contributed by atoms with Crippen LogP contribution in [-0.4, -0.2) is 10.8 Å². The van der Waals surface area contributed by atoms with Crippen LogP contribution in [0.3, 0.4) is 0 Å². The van der Waals surface area contributed by atoms with Gasteiger partial charge in [0.1, 0.15) is 5.56 Å². The van der Waals surface area contributed by atoms with Gasteiger partial charge in [0.2, 0.25) is 0 Å². The van der Waals surface area contributed by atoms with E-state index in [1.807, 2.05) is 30.3 Å². The molecule has 0 heterocycles. The lowest BCUT2D eigenvalue weighted by molar-refractivity contribution is -0.385. The van der Waals surface area contributed by atoms with E-state index >= 15 is 0 Å². The Morgan fingerprint density at radius 1 is 1.00 bits per heavy atom. The van der Waals surface area contributed by atoms with Gasteiger partial charge in [0.25, 0.3) is 11.6 Å². The number of nitro benzene ring substituents is 1. The number of carbonyl (C=O) groups is 1. The van der Waals surface area contributed by atoms with Crippen LogP contribution in [0.4, 0.5) is 5.69 Å². The van der Waals surface area contributed by atoms with E-state index in [-0.39, 0.29) is 11.3 Å². The average Bonchev–Trinajstić information content (AvgIpc) is 2.53. The number of nitrogens with one attached hydrogen (secondary N) is 2. The van der Waals surface area contributed by atoms with Crippen molar-refractivity contribution >= 4 is 17.3 Å². The maximum absolute atomic E-state index is 12.0. The molecule has 0 aliphatic carbocycles. The van der Waals surface area contributed by atoms with Crippen LogP contribution in [0.25, 0.3) is 5.70 Å². The van der Waals surface area contributed by atoms with Gasteiger partial charge in [-0.25, -0.2) is 0 Å². The van der Waals surface area contributed by atoms with Crippen LogP contribution in [0.15, 0.2) is 61.2 Å². The lowest BCUT2D eigenvalue weighted by Crippen LogP contribution is -2.36. The molecule has 0 atom stereocenters. The number of hydrazine groups is 1. The van der Waals surface area contributed by atoms with Gasteiger partial charge in [-0.3, -0.25) is 25.8 Å². The first-order valence-electron chi connectivity index (χ1n) is 6.13. The number of amides is 1. The summed E-state index contributed by atoms with van der Waals surface area (Å²) in [6, 6.07) is 14.9. The maximum Gasteiger partial charge on any atom is 0.282 e. The van der Waals surface area contributed by atoms with E-state index in [4.69, 9.17) is 0 Å². The monoisotopic (exact) mass is 283 g/mol. The van der Waals surface area contributed by atoms with E-state index in [9.17, 15) is 14.9 Å². The fourth-order valence-electron chi connectivity index (χ4n) is 1.74. The molecule has 2 N–H and O–H groups in total. The summed E-state index contributed by atoms with van der Waals surface area (Å²) in [5.41, 5.74) is 6.07. The predicted molar refractivity (Wildman–Crippen MR) is 79.2 cm³/mol. The van der Waals surface area contributed by atoms with Crippen molar-refractivity contribution in [3.05, 3.63) is 82.4 Å². The van der Waals surface area contributed by atoms with Crippen LogP contribution in [0, 0.1) is 10.1 Å². The third-order valence-corrected chi connectivity index (χ3v) is 2.79. The Balaban J connectivity index is 2.06. The van der Waals surface area contributed by atoms with E-state index in [1.165, 1.54) is 18.2 Å². The summed E-state index contributed by atoms with van der Waals surface area (Å²) in [6.07, 6.45) is 0. The van der Waals surface area contributed by atoms with Crippen molar-refractivity contribution in [2.24, 2.45) is 0 Å². The number of carbonyl (C=O) groups excluding carboxylic acids is 1. The second kappa shape index (κ2) is 6.33. The highest BCUT2D eigenvalue weighted by atomic mass is 16.6. The molecule has 21 heavy (non-hydrogen) atoms. The molecule has 0 saturated heterocycles. The Morgan fingerprint density at radius 2 is 1.62 bits per heavy atom. The number of para-hydroxylation sites is 1. The van der Waals surface area contributed by atoms with Gasteiger partial charge in [-0.2, -0.15) is 0 Å². The summed E-state index contributed by atoms with van der Waals surface area (Å²) in [5.74, 6) is -0.598. The van der Waals surface area contributed by atoms with Gasteiger partial charge in [-0.1, -0.05) is 49.0 Å². The Bertz CT molecular complexity index is 684. The van der Waals surface area contributed by atoms with E-state index in [1.54, 1.807) is 6.07 Å². The van der Waals surface area contributed by atoms with Crippen molar-refractivity contribution in [1.29, 1.82) is 0 Å². The van der Waals surface area contributed by atoms with Crippen LogP contribution in [-0.2, 0) is 0 Å². The molecule has 2 aromatic rings. The SMILES string of the molecule is C=C(NNC(=O)c1ccccc1[N+](=O)[O-])c1ccccc1. The minimum absolute atomic E-state index is 0.0177. The fraction of sp³-hybridized carbons (Fsp3) is 0. The van der Waals surface area contributed by atoms with Crippen LogP contribution in [0.2, 0.25) is 0 Å². The molecule has 0 bridgehead atoms. The Kier molecular flexibility index (Phi) is 4.30. The molecule has 2 rings (SSSR count). The van der Waals surface area contributed by atoms with Gasteiger partial charge < -0.3 is 0 Å². The first-order chi connectivity index (χ1) is 10.1. The van der Waals surface area contributed by atoms with Gasteiger partial charge in [-0.05, 0) is 11.6 Å². The third kappa shape index (κ3) is 3.44. The second-order valence-corrected chi connectivity index (χ2v) is 4.20. The molecule has 0 fully saturated rings. The van der Waals surface area contributed by atoms with Crippen LogP contribution in [0.5, 0.6) is 0 Å². The zero-order valence-corrected chi connectivity index (χ0v) is 11.1. The largest absolute Gasteiger partial charge is 0.298 e. The minimum Gasteiger partial charge on any atom is -0.298 e. The van der Waals surface area contributed by atoms with E-state index in [0.29, 0.717) is 5.70 Å². The first kappa shape index (κ1) is 14.3. The molecule has 0 unspecified atom stereocenters. The normalized spacial score (nSPS) is 9.71. The summed E-state index contributed by atoms with van der Waals surface area (Å²) in [5, 5.41) is 10.9. The van der Waals surface area contributed by atoms with Crippen molar-refractivity contribution in [1.82, 2.24) is 10.9 Å². The van der Waals surface area contributed by atoms with Crippen molar-refractivity contribution in [3.8, 4) is 0 Å². The molecular formula is C15H13N3O3. The first-order valence-corrected chi connectivity index (χ1v) is 6.13. The maximum atomic E-state index is 12.0. The Morgan fingerprint density at radius 3 is 2.29 bits per heavy atom. The zero-order chi connectivity index (χ0) is 15.2. The van der Waals surface area contributed by atoms with Crippen molar-refractivity contribution in [2.45, 2.75) is 0 Å². The molecule has 106 valence electrons. The molecular weight excluding hydrogens is 270 g/mol. The molecule has 6 heteroatoms. The highest BCUT2D eigenvalue weighted by Gasteiger charge is 2.18. The number of benzene rings is 2. The number of hydrogen-bond acceptors (Lipinski definition) is 4. The minimum atomic E-state index is -0.598. The molecule has 0 aliphatic rings. The van der Waals surface area contributed by atoms with E-state index in [0.717, 1.165) is 5.56 Å². The second-order valence-electron chi connectivity index (χ2n) is 4.20. The standard InChI is InChI=1S/C15H13N3O3/c1-11(12-7-3-2-4-8-12)16-17-15(19)13-9-5-6-10-14(13)18(20)21/h2-10,16H,1H2,(H,17,19). The number of rotatable bonds is 5. The summed E-state index contributed by atoms with van der Waals surface area (Å²) >= 11 is 0. The number of nitrogens with zero attached hydrogens (tertiary/aromatic N) is 1. The molecule has 0 aromatic heterocycles. The summed E-state index contributed by atoms with van der Waals surface area (Å²) in [4.78, 5) is 22.3. The molecule has 0 aliphatic heterocycles. The highest BCUT2D eigenvalue weighted by molar-refractivity contribution is 5.98. The van der Waals surface area contributed by atoms with Gasteiger partial charge in [0, 0.05) is 6.07 Å². The highest BCUT2D eigenvalue weighted by Crippen LogP contribution is 2.17. The van der Waals surface area contributed by atoms with Crippen molar-refractivity contribution < 1.29 is 9.72 Å². The molecule has 0 spiro atoms. The summed E-state index contributed by atoms with van der Waals surface area (Å²) in [7, 11) is 0. The van der Waals surface area contributed by atoms with Crippen molar-refractivity contribution in [3.63, 3.8) is 0 Å². The molecule has 2 aromatic carbocycles. The van der Waals surface area contributed by atoms with E-state index < -0.39 is 10.8 Å². The fourth-order valence-corrected chi connectivity index (χ4v) is 1.74. The van der Waals surface area contributed by atoms with Gasteiger partial charge in [0.05, 0.1) is 10.6 Å². The van der Waals surface area contributed by atoms with Gasteiger partial charge in [0.15, 0.2) is 0 Å². The van der Waals surface area contributed by atoms with Gasteiger partial charge in [-0.15, -0.1) is 0 Å². The quantitative estimate of drug-likeness (QED) is 0.652. The summed E-state index contributed by atoms with van der Waals surface area (Å²) < 4.78 is 0. The Hall–Kier alpha value is -3.15. The Labute approximate surface area is 121 Å². The summed E-state index contributed by atoms with van der Waals surface area (Å²) in [6.45, 7) is 3.79. The number of nitro groups is 1. The third-order valence-electron chi connectivity index (χ3n) is 2.79. The molecule has 0 radical (unpaired) electrons. The van der Waals surface area contributed by atoms with Crippen LogP contribution < -0.4 is 10.9 Å². The van der Waals surface area contributed by atoms with E-state index in [2.05, 4.69) is 17.4 Å². The van der Waals surface area contributed by atoms with Crippen molar-refractivity contribution in [2.75, 3.05) is 0 Å².